The normalized spacial score (nSPS) is 14.6. The predicted octanol–water partition coefficient (Wildman–Crippen LogP) is 1.99. The third-order valence-corrected chi connectivity index (χ3v) is 2.85. The van der Waals surface area contributed by atoms with E-state index >= 15 is 0 Å². The molecule has 0 amide bonds. The van der Waals surface area contributed by atoms with Crippen molar-refractivity contribution in [3.63, 3.8) is 0 Å². The van der Waals surface area contributed by atoms with Crippen molar-refractivity contribution in [2.45, 2.75) is 31.9 Å². The van der Waals surface area contributed by atoms with Gasteiger partial charge in [-0.25, -0.2) is 0 Å². The van der Waals surface area contributed by atoms with Crippen LogP contribution in [0.5, 0.6) is 5.75 Å². The number of hydrogen-bond acceptors (Lipinski definition) is 3. The van der Waals surface area contributed by atoms with Crippen molar-refractivity contribution in [2.75, 3.05) is 7.11 Å². The lowest BCUT2D eigenvalue weighted by Crippen LogP contribution is -2.31. The molecule has 2 atom stereocenters. The smallest absolute Gasteiger partial charge is 0.137 e. The molecule has 1 rings (SSSR count). The second-order valence-electron chi connectivity index (χ2n) is 3.93. The van der Waals surface area contributed by atoms with Gasteiger partial charge >= 0.3 is 0 Å². The van der Waals surface area contributed by atoms with Crippen LogP contribution in [-0.4, -0.2) is 24.4 Å². The summed E-state index contributed by atoms with van der Waals surface area (Å²) in [7, 11) is 1.58. The molecule has 0 heterocycles. The summed E-state index contributed by atoms with van der Waals surface area (Å²) in [5.41, 5.74) is 6.65. The van der Waals surface area contributed by atoms with Gasteiger partial charge in [0.2, 0.25) is 0 Å². The Morgan fingerprint density at radius 3 is 2.69 bits per heavy atom. The highest BCUT2D eigenvalue weighted by molar-refractivity contribution is 6.32. The van der Waals surface area contributed by atoms with Crippen molar-refractivity contribution in [3.8, 4) is 5.75 Å². The molecule has 90 valence electrons. The first-order valence-electron chi connectivity index (χ1n) is 5.30. The number of aryl methyl sites for hydroxylation is 1. The van der Waals surface area contributed by atoms with Crippen LogP contribution in [0.2, 0.25) is 5.02 Å². The molecular formula is C12H18ClNO2. The van der Waals surface area contributed by atoms with Crippen molar-refractivity contribution in [1.29, 1.82) is 0 Å². The summed E-state index contributed by atoms with van der Waals surface area (Å²) in [6.07, 6.45) is 0.924. The Hall–Kier alpha value is -0.770. The predicted molar refractivity (Wildman–Crippen MR) is 66.0 cm³/mol. The summed E-state index contributed by atoms with van der Waals surface area (Å²) in [5.74, 6) is 0.665. The van der Waals surface area contributed by atoms with E-state index in [0.29, 0.717) is 17.2 Å². The van der Waals surface area contributed by atoms with Crippen LogP contribution in [0.3, 0.4) is 0 Å². The van der Waals surface area contributed by atoms with Crippen LogP contribution >= 0.6 is 11.6 Å². The van der Waals surface area contributed by atoms with Gasteiger partial charge in [0.05, 0.1) is 18.2 Å². The minimum atomic E-state index is -0.471. The van der Waals surface area contributed by atoms with Crippen LogP contribution in [0.15, 0.2) is 18.2 Å². The van der Waals surface area contributed by atoms with Gasteiger partial charge in [0.1, 0.15) is 5.75 Å². The monoisotopic (exact) mass is 243 g/mol. The zero-order valence-corrected chi connectivity index (χ0v) is 10.4. The number of aliphatic hydroxyl groups excluding tert-OH is 1. The first-order valence-corrected chi connectivity index (χ1v) is 5.68. The number of aliphatic hydroxyl groups is 1. The number of ether oxygens (including phenoxy) is 1. The SMILES string of the molecule is COc1ccc(CCC(O)C(C)N)cc1Cl. The van der Waals surface area contributed by atoms with Crippen molar-refractivity contribution in [1.82, 2.24) is 0 Å². The lowest BCUT2D eigenvalue weighted by molar-refractivity contribution is 0.141. The molecule has 0 radical (unpaired) electrons. The standard InChI is InChI=1S/C12H18ClNO2/c1-8(14)11(15)5-3-9-4-6-12(16-2)10(13)7-9/h4,6-8,11,15H,3,5,14H2,1-2H3. The fourth-order valence-corrected chi connectivity index (χ4v) is 1.72. The fourth-order valence-electron chi connectivity index (χ4n) is 1.44. The molecule has 2 unspecified atom stereocenters. The van der Waals surface area contributed by atoms with E-state index in [1.54, 1.807) is 14.0 Å². The summed E-state index contributed by atoms with van der Waals surface area (Å²) in [6.45, 7) is 1.80. The molecule has 16 heavy (non-hydrogen) atoms. The van der Waals surface area contributed by atoms with E-state index in [-0.39, 0.29) is 6.04 Å². The number of hydrogen-bond donors (Lipinski definition) is 2. The Bertz CT molecular complexity index is 342. The zero-order valence-electron chi connectivity index (χ0n) is 9.61. The van der Waals surface area contributed by atoms with Crippen LogP contribution in [0.25, 0.3) is 0 Å². The van der Waals surface area contributed by atoms with Gasteiger partial charge in [0.25, 0.3) is 0 Å². The van der Waals surface area contributed by atoms with Crippen LogP contribution in [0.4, 0.5) is 0 Å². The minimum absolute atomic E-state index is 0.200. The van der Waals surface area contributed by atoms with Crippen molar-refractivity contribution >= 4 is 11.6 Å². The number of halogens is 1. The number of methoxy groups -OCH3 is 1. The molecule has 0 aromatic heterocycles. The highest BCUT2D eigenvalue weighted by Crippen LogP contribution is 2.25. The topological polar surface area (TPSA) is 55.5 Å². The maximum absolute atomic E-state index is 9.58. The molecule has 4 heteroatoms. The summed E-state index contributed by atoms with van der Waals surface area (Å²) in [4.78, 5) is 0. The maximum Gasteiger partial charge on any atom is 0.137 e. The van der Waals surface area contributed by atoms with Crippen LogP contribution in [0.1, 0.15) is 18.9 Å². The van der Waals surface area contributed by atoms with E-state index < -0.39 is 6.10 Å². The van der Waals surface area contributed by atoms with Gasteiger partial charge in [0.15, 0.2) is 0 Å². The van der Waals surface area contributed by atoms with Gasteiger partial charge < -0.3 is 15.6 Å². The summed E-state index contributed by atoms with van der Waals surface area (Å²) < 4.78 is 5.06. The third-order valence-electron chi connectivity index (χ3n) is 2.55. The second kappa shape index (κ2) is 6.09. The Morgan fingerprint density at radius 1 is 1.50 bits per heavy atom. The molecule has 0 bridgehead atoms. The molecule has 0 aliphatic carbocycles. The van der Waals surface area contributed by atoms with Crippen molar-refractivity contribution in [2.24, 2.45) is 5.73 Å². The van der Waals surface area contributed by atoms with Crippen LogP contribution < -0.4 is 10.5 Å². The van der Waals surface area contributed by atoms with Gasteiger partial charge in [-0.05, 0) is 37.5 Å². The molecule has 3 N–H and O–H groups in total. The average molecular weight is 244 g/mol. The molecule has 1 aromatic carbocycles. The van der Waals surface area contributed by atoms with E-state index in [1.807, 2.05) is 18.2 Å². The Labute approximate surface area is 101 Å². The third kappa shape index (κ3) is 3.67. The Kier molecular flexibility index (Phi) is 5.06. The maximum atomic E-state index is 9.58. The lowest BCUT2D eigenvalue weighted by atomic mass is 10.0. The first kappa shape index (κ1) is 13.3. The largest absolute Gasteiger partial charge is 0.495 e. The van der Waals surface area contributed by atoms with E-state index in [2.05, 4.69) is 0 Å². The molecule has 3 nitrogen and oxygen atoms in total. The molecule has 0 fully saturated rings. The summed E-state index contributed by atoms with van der Waals surface area (Å²) >= 11 is 6.00. The number of benzene rings is 1. The second-order valence-corrected chi connectivity index (χ2v) is 4.34. The molecule has 0 aliphatic rings. The zero-order chi connectivity index (χ0) is 12.1. The van der Waals surface area contributed by atoms with E-state index in [9.17, 15) is 5.11 Å². The summed E-state index contributed by atoms with van der Waals surface area (Å²) in [6, 6.07) is 5.43. The van der Waals surface area contributed by atoms with Crippen molar-refractivity contribution in [3.05, 3.63) is 28.8 Å². The van der Waals surface area contributed by atoms with E-state index in [1.165, 1.54) is 0 Å². The van der Waals surface area contributed by atoms with E-state index in [4.69, 9.17) is 22.1 Å². The quantitative estimate of drug-likeness (QED) is 0.832. The molecule has 0 saturated heterocycles. The summed E-state index contributed by atoms with van der Waals surface area (Å²) in [5, 5.41) is 10.2. The first-order chi connectivity index (χ1) is 7.54. The lowest BCUT2D eigenvalue weighted by Gasteiger charge is -2.14. The number of nitrogens with two attached hydrogens (primary N) is 1. The van der Waals surface area contributed by atoms with Gasteiger partial charge in [-0.1, -0.05) is 17.7 Å². The Morgan fingerprint density at radius 2 is 2.19 bits per heavy atom. The molecule has 0 aliphatic heterocycles. The van der Waals surface area contributed by atoms with Crippen molar-refractivity contribution < 1.29 is 9.84 Å². The molecule has 1 aromatic rings. The van der Waals surface area contributed by atoms with E-state index in [0.717, 1.165) is 12.0 Å². The number of rotatable bonds is 5. The fraction of sp³-hybridized carbons (Fsp3) is 0.500. The van der Waals surface area contributed by atoms with Gasteiger partial charge in [-0.15, -0.1) is 0 Å². The molecular weight excluding hydrogens is 226 g/mol. The highest BCUT2D eigenvalue weighted by atomic mass is 35.5. The van der Waals surface area contributed by atoms with Gasteiger partial charge in [-0.2, -0.15) is 0 Å². The molecule has 0 saturated carbocycles. The van der Waals surface area contributed by atoms with Gasteiger partial charge in [0, 0.05) is 6.04 Å². The van der Waals surface area contributed by atoms with Crippen LogP contribution in [0, 0.1) is 0 Å². The minimum Gasteiger partial charge on any atom is -0.495 e. The molecule has 0 spiro atoms. The van der Waals surface area contributed by atoms with Gasteiger partial charge in [-0.3, -0.25) is 0 Å². The Balaban J connectivity index is 2.58. The highest BCUT2D eigenvalue weighted by Gasteiger charge is 2.10. The van der Waals surface area contributed by atoms with Crippen LogP contribution in [-0.2, 0) is 6.42 Å². The average Bonchev–Trinajstić information content (AvgIpc) is 2.25.